The number of rotatable bonds is 9. The minimum absolute atomic E-state index is 0.00918. The lowest BCUT2D eigenvalue weighted by Gasteiger charge is -2.18. The van der Waals surface area contributed by atoms with Crippen LogP contribution in [-0.2, 0) is 23.2 Å². The second-order valence-corrected chi connectivity index (χ2v) is 10.5. The van der Waals surface area contributed by atoms with Crippen molar-refractivity contribution in [2.45, 2.75) is 57.8 Å². The maximum absolute atomic E-state index is 11.6. The van der Waals surface area contributed by atoms with Crippen LogP contribution in [0.5, 0.6) is 17.6 Å². The Bertz CT molecular complexity index is 1340. The molecule has 3 aliphatic rings. The average Bonchev–Trinajstić information content (AvgIpc) is 3.70. The quantitative estimate of drug-likeness (QED) is 0.431. The normalized spacial score (nSPS) is 25.9. The maximum atomic E-state index is 11.6. The molecule has 3 aromatic rings. The topological polar surface area (TPSA) is 144 Å². The Balaban J connectivity index is 1.11. The van der Waals surface area contributed by atoms with Crippen LogP contribution in [0.15, 0.2) is 24.4 Å². The predicted molar refractivity (Wildman–Crippen MR) is 136 cm³/mol. The molecule has 6 rings (SSSR count). The van der Waals surface area contributed by atoms with E-state index in [-0.39, 0.29) is 36.7 Å². The summed E-state index contributed by atoms with van der Waals surface area (Å²) in [5, 5.41) is 18.0. The van der Waals surface area contributed by atoms with E-state index in [0.29, 0.717) is 42.1 Å². The average molecular weight is 537 g/mol. The summed E-state index contributed by atoms with van der Waals surface area (Å²) < 4.78 is 25.0. The van der Waals surface area contributed by atoms with Crippen LogP contribution in [0.1, 0.15) is 43.5 Å². The first-order valence-corrected chi connectivity index (χ1v) is 13.4. The number of carboxylic acids is 1. The number of pyridine rings is 1. The second-order valence-electron chi connectivity index (χ2n) is 10.5. The van der Waals surface area contributed by atoms with Crippen molar-refractivity contribution in [2.75, 3.05) is 13.2 Å². The molecule has 0 bridgehead atoms. The Morgan fingerprint density at radius 3 is 2.82 bits per heavy atom. The van der Waals surface area contributed by atoms with Crippen molar-refractivity contribution in [3.05, 3.63) is 35.8 Å². The van der Waals surface area contributed by atoms with Crippen molar-refractivity contribution in [2.24, 2.45) is 24.8 Å². The number of aryl methyl sites for hydroxylation is 2. The monoisotopic (exact) mass is 536 g/mol. The summed E-state index contributed by atoms with van der Waals surface area (Å²) in [4.78, 5) is 24.9. The molecule has 1 saturated heterocycles. The summed E-state index contributed by atoms with van der Waals surface area (Å²) in [6.45, 7) is 3.28. The highest BCUT2D eigenvalue weighted by atomic mass is 16.6. The summed E-state index contributed by atoms with van der Waals surface area (Å²) in [6, 6.07) is 5.65. The molecule has 4 heterocycles. The van der Waals surface area contributed by atoms with E-state index in [4.69, 9.17) is 23.9 Å². The van der Waals surface area contributed by atoms with E-state index in [1.165, 1.54) is 0 Å². The number of hydrogen-bond donors (Lipinski definition) is 1. The third kappa shape index (κ3) is 5.38. The summed E-state index contributed by atoms with van der Waals surface area (Å²) in [7, 11) is 1.79. The number of fused-ring (bicyclic) bond motifs is 1. The molecule has 3 aromatic heterocycles. The largest absolute Gasteiger partial charge is 0.489 e. The molecule has 2 saturated carbocycles. The van der Waals surface area contributed by atoms with Crippen molar-refractivity contribution < 1.29 is 28.8 Å². The highest BCUT2D eigenvalue weighted by molar-refractivity contribution is 5.71. The first-order chi connectivity index (χ1) is 18.9. The van der Waals surface area contributed by atoms with Crippen LogP contribution in [0, 0.1) is 24.7 Å². The van der Waals surface area contributed by atoms with Crippen LogP contribution in [-0.4, -0.2) is 66.4 Å². The van der Waals surface area contributed by atoms with Gasteiger partial charge >= 0.3 is 12.0 Å². The second kappa shape index (κ2) is 10.8. The first kappa shape index (κ1) is 25.5. The molecule has 0 radical (unpaired) electrons. The number of ether oxygens (including phenoxy) is 4. The van der Waals surface area contributed by atoms with Crippen LogP contribution >= 0.6 is 0 Å². The molecule has 5 atom stereocenters. The van der Waals surface area contributed by atoms with Gasteiger partial charge in [-0.2, -0.15) is 4.98 Å². The van der Waals surface area contributed by atoms with Crippen LogP contribution in [0.2, 0.25) is 0 Å². The number of carbonyl (C=O) groups is 1. The lowest BCUT2D eigenvalue weighted by molar-refractivity contribution is -0.143. The number of carboxylic acid groups (broad SMARTS) is 1. The third-order valence-corrected chi connectivity index (χ3v) is 8.03. The van der Waals surface area contributed by atoms with Gasteiger partial charge in [-0.1, -0.05) is 5.21 Å². The zero-order valence-corrected chi connectivity index (χ0v) is 22.0. The van der Waals surface area contributed by atoms with Crippen LogP contribution in [0.25, 0.3) is 11.4 Å². The Morgan fingerprint density at radius 1 is 1.13 bits per heavy atom. The van der Waals surface area contributed by atoms with Gasteiger partial charge < -0.3 is 24.1 Å². The summed E-state index contributed by atoms with van der Waals surface area (Å²) in [5.74, 6) is 0.853. The van der Waals surface area contributed by atoms with Gasteiger partial charge in [-0.25, -0.2) is 14.6 Å². The highest BCUT2D eigenvalue weighted by Crippen LogP contribution is 2.48. The van der Waals surface area contributed by atoms with Crippen molar-refractivity contribution >= 4 is 5.97 Å². The maximum Gasteiger partial charge on any atom is 0.320 e. The molecule has 3 fully saturated rings. The molecule has 1 aliphatic heterocycles. The standard InChI is InChI=1S/C27H32N6O6/c1-15-23(38-18-11-16-3-4-19(26(34)35)20(16)12-18)6-5-21(29-15)25-22(33(2)32-31-25)14-37-27-28-9-7-24(30-27)39-17-8-10-36-13-17/h5-7,9,16-20H,3-4,8,10-14H2,1-2H3,(H,34,35)/t16-,17-,18+,19?,20+/m1/s1. The Kier molecular flexibility index (Phi) is 7.03. The summed E-state index contributed by atoms with van der Waals surface area (Å²) >= 11 is 0. The minimum atomic E-state index is -0.680. The van der Waals surface area contributed by atoms with Gasteiger partial charge in [0.05, 0.1) is 36.6 Å². The molecule has 0 aromatic carbocycles. The van der Waals surface area contributed by atoms with E-state index in [1.54, 1.807) is 24.0 Å². The van der Waals surface area contributed by atoms with E-state index < -0.39 is 5.97 Å². The molecular weight excluding hydrogens is 504 g/mol. The van der Waals surface area contributed by atoms with Crippen LogP contribution in [0.3, 0.4) is 0 Å². The molecule has 206 valence electrons. The van der Waals surface area contributed by atoms with Crippen LogP contribution < -0.4 is 14.2 Å². The Labute approximate surface area is 225 Å². The third-order valence-electron chi connectivity index (χ3n) is 8.03. The van der Waals surface area contributed by atoms with E-state index in [0.717, 1.165) is 43.5 Å². The fraction of sp³-hybridized carbons (Fsp3) is 0.556. The lowest BCUT2D eigenvalue weighted by atomic mass is 9.92. The van der Waals surface area contributed by atoms with Gasteiger partial charge in [-0.15, -0.1) is 5.10 Å². The van der Waals surface area contributed by atoms with Gasteiger partial charge in [-0.3, -0.25) is 4.79 Å². The molecule has 0 amide bonds. The molecule has 39 heavy (non-hydrogen) atoms. The highest BCUT2D eigenvalue weighted by Gasteiger charge is 2.47. The van der Waals surface area contributed by atoms with Gasteiger partial charge in [-0.05, 0) is 56.6 Å². The van der Waals surface area contributed by atoms with Gasteiger partial charge in [0.1, 0.15) is 29.8 Å². The van der Waals surface area contributed by atoms with Gasteiger partial charge in [0.15, 0.2) is 0 Å². The number of nitrogens with zero attached hydrogens (tertiary/aromatic N) is 6. The van der Waals surface area contributed by atoms with E-state index in [1.807, 2.05) is 19.1 Å². The molecule has 1 N–H and O–H groups in total. The van der Waals surface area contributed by atoms with Crippen molar-refractivity contribution in [3.8, 4) is 29.0 Å². The zero-order chi connectivity index (χ0) is 26.9. The smallest absolute Gasteiger partial charge is 0.320 e. The first-order valence-electron chi connectivity index (χ1n) is 13.4. The van der Waals surface area contributed by atoms with Crippen LogP contribution in [0.4, 0.5) is 0 Å². The predicted octanol–water partition coefficient (Wildman–Crippen LogP) is 2.99. The fourth-order valence-electron chi connectivity index (χ4n) is 6.03. The molecular formula is C27H32N6O6. The molecule has 1 unspecified atom stereocenters. The van der Waals surface area contributed by atoms with E-state index in [2.05, 4.69) is 20.3 Å². The molecule has 12 heteroatoms. The Hall–Kier alpha value is -3.80. The summed E-state index contributed by atoms with van der Waals surface area (Å²) in [5.41, 5.74) is 2.71. The van der Waals surface area contributed by atoms with Crippen molar-refractivity contribution in [1.29, 1.82) is 0 Å². The SMILES string of the molecule is Cc1nc(-c2nnn(C)c2COc2nccc(O[C@@H]3CCOC3)n2)ccc1O[C@H]1C[C@H]2CCC(C(=O)O)[C@H]2C1. The number of aliphatic carboxylic acids is 1. The number of hydrogen-bond acceptors (Lipinski definition) is 10. The molecule has 2 aliphatic carbocycles. The molecule has 12 nitrogen and oxygen atoms in total. The fourth-order valence-corrected chi connectivity index (χ4v) is 6.03. The zero-order valence-electron chi connectivity index (χ0n) is 22.0. The lowest BCUT2D eigenvalue weighted by Crippen LogP contribution is -2.21. The van der Waals surface area contributed by atoms with E-state index >= 15 is 0 Å². The number of aromatic nitrogens is 6. The van der Waals surface area contributed by atoms with Gasteiger partial charge in [0, 0.05) is 25.7 Å². The van der Waals surface area contributed by atoms with Crippen molar-refractivity contribution in [3.63, 3.8) is 0 Å². The van der Waals surface area contributed by atoms with E-state index in [9.17, 15) is 9.90 Å². The van der Waals surface area contributed by atoms with Crippen molar-refractivity contribution in [1.82, 2.24) is 29.9 Å². The summed E-state index contributed by atoms with van der Waals surface area (Å²) in [6.07, 6.45) is 5.82. The Morgan fingerprint density at radius 2 is 2.03 bits per heavy atom. The molecule has 0 spiro atoms. The van der Waals surface area contributed by atoms with Gasteiger partial charge in [0.2, 0.25) is 5.88 Å². The minimum Gasteiger partial charge on any atom is -0.489 e. The van der Waals surface area contributed by atoms with Gasteiger partial charge in [0.25, 0.3) is 0 Å².